The number of pyridine rings is 1. The molecule has 3 rings (SSSR count). The van der Waals surface area contributed by atoms with Gasteiger partial charge >= 0.3 is 0 Å². The van der Waals surface area contributed by atoms with Crippen molar-refractivity contribution in [1.82, 2.24) is 15.2 Å². The zero-order valence-corrected chi connectivity index (χ0v) is 14.0. The fraction of sp³-hybridized carbons (Fsp3) is 0.333. The van der Waals surface area contributed by atoms with Gasteiger partial charge in [0.2, 0.25) is 0 Å². The van der Waals surface area contributed by atoms with Crippen molar-refractivity contribution in [3.63, 3.8) is 0 Å². The maximum atomic E-state index is 13.1. The van der Waals surface area contributed by atoms with E-state index < -0.39 is 5.82 Å². The highest BCUT2D eigenvalue weighted by Crippen LogP contribution is 2.18. The number of hydrogen-bond donors (Lipinski definition) is 1. The van der Waals surface area contributed by atoms with Crippen molar-refractivity contribution >= 4 is 17.5 Å². The number of piperidine rings is 1. The van der Waals surface area contributed by atoms with Crippen molar-refractivity contribution in [2.45, 2.75) is 25.4 Å². The number of carbonyl (C=O) groups is 1. The van der Waals surface area contributed by atoms with Gasteiger partial charge in [-0.2, -0.15) is 0 Å². The SMILES string of the molecule is O=C(N[C@@H]1CCCN(Cc2ccccn2)C1)c1ccc(F)cc1Cl. The number of likely N-dealkylation sites (tertiary alicyclic amines) is 1. The molecule has 2 heterocycles. The summed E-state index contributed by atoms with van der Waals surface area (Å²) in [6.45, 7) is 2.52. The first-order chi connectivity index (χ1) is 11.6. The van der Waals surface area contributed by atoms with Gasteiger partial charge in [-0.25, -0.2) is 4.39 Å². The van der Waals surface area contributed by atoms with Gasteiger partial charge in [0, 0.05) is 25.3 Å². The van der Waals surface area contributed by atoms with E-state index in [0.717, 1.165) is 44.2 Å². The van der Waals surface area contributed by atoms with Crippen LogP contribution in [-0.4, -0.2) is 34.9 Å². The third-order valence-corrected chi connectivity index (χ3v) is 4.44. The number of rotatable bonds is 4. The van der Waals surface area contributed by atoms with Crippen molar-refractivity contribution in [3.05, 3.63) is 64.7 Å². The summed E-state index contributed by atoms with van der Waals surface area (Å²) in [6, 6.07) is 9.75. The van der Waals surface area contributed by atoms with E-state index in [-0.39, 0.29) is 17.0 Å². The van der Waals surface area contributed by atoms with E-state index in [4.69, 9.17) is 11.6 Å². The topological polar surface area (TPSA) is 45.2 Å². The Morgan fingerprint density at radius 3 is 3.00 bits per heavy atom. The Kier molecular flexibility index (Phi) is 5.43. The average Bonchev–Trinajstić information content (AvgIpc) is 2.56. The van der Waals surface area contributed by atoms with Gasteiger partial charge in [0.15, 0.2) is 0 Å². The molecule has 1 atom stereocenters. The molecular formula is C18H19ClFN3O. The fourth-order valence-electron chi connectivity index (χ4n) is 2.97. The summed E-state index contributed by atoms with van der Waals surface area (Å²) in [5.74, 6) is -0.708. The zero-order chi connectivity index (χ0) is 16.9. The van der Waals surface area contributed by atoms with Crippen LogP contribution in [0.15, 0.2) is 42.6 Å². The molecule has 0 saturated carbocycles. The van der Waals surface area contributed by atoms with Crippen LogP contribution in [0.3, 0.4) is 0 Å². The van der Waals surface area contributed by atoms with Crippen LogP contribution >= 0.6 is 11.6 Å². The first-order valence-corrected chi connectivity index (χ1v) is 8.38. The van der Waals surface area contributed by atoms with Crippen LogP contribution in [0, 0.1) is 5.82 Å². The van der Waals surface area contributed by atoms with E-state index in [1.165, 1.54) is 12.1 Å². The first-order valence-electron chi connectivity index (χ1n) is 8.00. The van der Waals surface area contributed by atoms with E-state index >= 15 is 0 Å². The molecule has 24 heavy (non-hydrogen) atoms. The smallest absolute Gasteiger partial charge is 0.253 e. The van der Waals surface area contributed by atoms with E-state index in [1.807, 2.05) is 18.2 Å². The van der Waals surface area contributed by atoms with Gasteiger partial charge in [-0.1, -0.05) is 17.7 Å². The Morgan fingerprint density at radius 1 is 1.38 bits per heavy atom. The predicted molar refractivity (Wildman–Crippen MR) is 91.4 cm³/mol. The van der Waals surface area contributed by atoms with Crippen molar-refractivity contribution in [1.29, 1.82) is 0 Å². The van der Waals surface area contributed by atoms with Crippen LogP contribution in [0.1, 0.15) is 28.9 Å². The Hall–Kier alpha value is -1.98. The number of aromatic nitrogens is 1. The van der Waals surface area contributed by atoms with Crippen molar-refractivity contribution in [2.24, 2.45) is 0 Å². The standard InChI is InChI=1S/C18H19ClFN3O/c19-17-10-13(20)6-7-16(17)18(24)22-15-5-3-9-23(12-15)11-14-4-1-2-8-21-14/h1-2,4,6-8,10,15H,3,5,9,11-12H2,(H,22,24)/t15-/m1/s1. The molecule has 1 fully saturated rings. The van der Waals surface area contributed by atoms with E-state index in [9.17, 15) is 9.18 Å². The molecule has 1 aliphatic heterocycles. The molecule has 2 aromatic rings. The molecule has 1 N–H and O–H groups in total. The monoisotopic (exact) mass is 347 g/mol. The lowest BCUT2D eigenvalue weighted by Gasteiger charge is -2.33. The van der Waals surface area contributed by atoms with Gasteiger partial charge in [0.25, 0.3) is 5.91 Å². The third kappa shape index (κ3) is 4.30. The largest absolute Gasteiger partial charge is 0.348 e. The van der Waals surface area contributed by atoms with E-state index in [1.54, 1.807) is 6.20 Å². The molecule has 6 heteroatoms. The molecule has 0 unspecified atom stereocenters. The molecule has 1 saturated heterocycles. The third-order valence-electron chi connectivity index (χ3n) is 4.13. The summed E-state index contributed by atoms with van der Waals surface area (Å²) in [4.78, 5) is 19.0. The molecule has 0 spiro atoms. The molecule has 1 aromatic carbocycles. The molecule has 0 bridgehead atoms. The number of halogens is 2. The van der Waals surface area contributed by atoms with Crippen LogP contribution in [0.25, 0.3) is 0 Å². The maximum absolute atomic E-state index is 13.1. The molecular weight excluding hydrogens is 329 g/mol. The van der Waals surface area contributed by atoms with Crippen LogP contribution in [-0.2, 0) is 6.54 Å². The minimum absolute atomic E-state index is 0.0519. The van der Waals surface area contributed by atoms with Crippen LogP contribution < -0.4 is 5.32 Å². The zero-order valence-electron chi connectivity index (χ0n) is 13.2. The van der Waals surface area contributed by atoms with Crippen molar-refractivity contribution < 1.29 is 9.18 Å². The Bertz CT molecular complexity index is 711. The molecule has 4 nitrogen and oxygen atoms in total. The number of carbonyl (C=O) groups excluding carboxylic acids is 1. The lowest BCUT2D eigenvalue weighted by molar-refractivity contribution is 0.0900. The highest BCUT2D eigenvalue weighted by Gasteiger charge is 2.23. The maximum Gasteiger partial charge on any atom is 0.253 e. The molecule has 1 aromatic heterocycles. The first kappa shape index (κ1) is 16.9. The minimum atomic E-state index is -0.448. The van der Waals surface area contributed by atoms with Crippen LogP contribution in [0.2, 0.25) is 5.02 Å². The normalized spacial score (nSPS) is 18.3. The fourth-order valence-corrected chi connectivity index (χ4v) is 3.23. The summed E-state index contributed by atoms with van der Waals surface area (Å²) in [7, 11) is 0. The van der Waals surface area contributed by atoms with Gasteiger partial charge < -0.3 is 5.32 Å². The summed E-state index contributed by atoms with van der Waals surface area (Å²) in [5, 5.41) is 3.14. The quantitative estimate of drug-likeness (QED) is 0.923. The van der Waals surface area contributed by atoms with Gasteiger partial charge in [-0.05, 0) is 49.7 Å². The molecule has 1 amide bonds. The Morgan fingerprint density at radius 2 is 2.25 bits per heavy atom. The predicted octanol–water partition coefficient (Wildman–Crippen LogP) is 3.27. The highest BCUT2D eigenvalue weighted by molar-refractivity contribution is 6.33. The highest BCUT2D eigenvalue weighted by atomic mass is 35.5. The van der Waals surface area contributed by atoms with Gasteiger partial charge in [-0.3, -0.25) is 14.7 Å². The minimum Gasteiger partial charge on any atom is -0.348 e. The summed E-state index contributed by atoms with van der Waals surface area (Å²) in [5.41, 5.74) is 1.32. The second-order valence-corrected chi connectivity index (χ2v) is 6.40. The Balaban J connectivity index is 1.59. The van der Waals surface area contributed by atoms with Gasteiger partial charge in [0.1, 0.15) is 5.82 Å². The Labute approximate surface area is 145 Å². The average molecular weight is 348 g/mol. The van der Waals surface area contributed by atoms with Gasteiger partial charge in [0.05, 0.1) is 16.3 Å². The molecule has 1 aliphatic rings. The summed E-state index contributed by atoms with van der Waals surface area (Å²) < 4.78 is 13.1. The molecule has 126 valence electrons. The van der Waals surface area contributed by atoms with E-state index in [2.05, 4.69) is 15.2 Å². The second-order valence-electron chi connectivity index (χ2n) is 5.99. The lowest BCUT2D eigenvalue weighted by atomic mass is 10.0. The second kappa shape index (κ2) is 7.73. The van der Waals surface area contributed by atoms with Crippen molar-refractivity contribution in [3.8, 4) is 0 Å². The number of benzene rings is 1. The number of nitrogens with zero attached hydrogens (tertiary/aromatic N) is 2. The lowest BCUT2D eigenvalue weighted by Crippen LogP contribution is -2.47. The van der Waals surface area contributed by atoms with Crippen molar-refractivity contribution in [2.75, 3.05) is 13.1 Å². The summed E-state index contributed by atoms with van der Waals surface area (Å²) in [6.07, 6.45) is 3.72. The number of nitrogens with one attached hydrogen (secondary N) is 1. The van der Waals surface area contributed by atoms with Crippen LogP contribution in [0.5, 0.6) is 0 Å². The van der Waals surface area contributed by atoms with Crippen LogP contribution in [0.4, 0.5) is 4.39 Å². The van der Waals surface area contributed by atoms with Gasteiger partial charge in [-0.15, -0.1) is 0 Å². The number of hydrogen-bond acceptors (Lipinski definition) is 3. The number of amides is 1. The summed E-state index contributed by atoms with van der Waals surface area (Å²) >= 11 is 5.96. The van der Waals surface area contributed by atoms with E-state index in [0.29, 0.717) is 5.56 Å². The molecule has 0 radical (unpaired) electrons. The molecule has 0 aliphatic carbocycles.